The van der Waals surface area contributed by atoms with Gasteiger partial charge in [0.25, 0.3) is 0 Å². The largest absolute Gasteiger partial charge is 0.271 e. The van der Waals surface area contributed by atoms with Gasteiger partial charge in [0.15, 0.2) is 0 Å². The lowest BCUT2D eigenvalue weighted by molar-refractivity contribution is 0.456. The molecular weight excluding hydrogens is 352 g/mol. The molecule has 0 saturated carbocycles. The summed E-state index contributed by atoms with van der Waals surface area (Å²) in [7, 11) is 0. The van der Waals surface area contributed by atoms with Gasteiger partial charge in [-0.3, -0.25) is 11.3 Å². The van der Waals surface area contributed by atoms with Gasteiger partial charge >= 0.3 is 0 Å². The lowest BCUT2D eigenvalue weighted by Gasteiger charge is -2.18. The van der Waals surface area contributed by atoms with E-state index in [0.717, 1.165) is 0 Å². The normalized spacial score (nSPS) is 12.5. The zero-order valence-corrected chi connectivity index (χ0v) is 12.2. The smallest absolute Gasteiger partial charge is 0.133 e. The maximum absolute atomic E-state index is 13.8. The number of hydrazine groups is 1. The van der Waals surface area contributed by atoms with E-state index in [1.165, 1.54) is 18.2 Å². The highest BCUT2D eigenvalue weighted by molar-refractivity contribution is 9.10. The average molecular weight is 363 g/mol. The van der Waals surface area contributed by atoms with Crippen molar-refractivity contribution in [1.29, 1.82) is 0 Å². The Morgan fingerprint density at radius 3 is 2.19 bits per heavy atom. The van der Waals surface area contributed by atoms with Crippen LogP contribution < -0.4 is 11.3 Å². The fourth-order valence-corrected chi connectivity index (χ4v) is 2.46. The third-order valence-electron chi connectivity index (χ3n) is 3.03. The minimum absolute atomic E-state index is 0.0960. The van der Waals surface area contributed by atoms with Crippen molar-refractivity contribution in [3.63, 3.8) is 0 Å². The molecule has 0 radical (unpaired) electrons. The van der Waals surface area contributed by atoms with Crippen molar-refractivity contribution in [2.45, 2.75) is 12.5 Å². The molecule has 0 saturated heterocycles. The quantitative estimate of drug-likeness (QED) is 0.493. The molecule has 0 aliphatic rings. The standard InChI is InChI=1S/C14H11BrF4N2/c15-8-1-2-10(17)7(3-8)4-13(21-20)14-11(18)5-9(16)6-12(14)19/h1-3,5-6,13,21H,4,20H2. The van der Waals surface area contributed by atoms with Crippen LogP contribution in [0, 0.1) is 23.3 Å². The van der Waals surface area contributed by atoms with Gasteiger partial charge in [0.05, 0.1) is 6.04 Å². The van der Waals surface area contributed by atoms with Crippen molar-refractivity contribution in [3.8, 4) is 0 Å². The number of hydrogen-bond acceptors (Lipinski definition) is 2. The van der Waals surface area contributed by atoms with Crippen molar-refractivity contribution in [2.75, 3.05) is 0 Å². The van der Waals surface area contributed by atoms with Crippen LogP contribution in [0.15, 0.2) is 34.8 Å². The number of halogens is 5. The first-order chi connectivity index (χ1) is 9.92. The van der Waals surface area contributed by atoms with E-state index in [9.17, 15) is 17.6 Å². The highest BCUT2D eigenvalue weighted by Crippen LogP contribution is 2.26. The molecule has 0 spiro atoms. The molecule has 3 N–H and O–H groups in total. The van der Waals surface area contributed by atoms with E-state index in [1.807, 2.05) is 0 Å². The zero-order valence-electron chi connectivity index (χ0n) is 10.6. The average Bonchev–Trinajstić information content (AvgIpc) is 2.40. The molecule has 7 heteroatoms. The van der Waals surface area contributed by atoms with Gasteiger partial charge in [0, 0.05) is 22.2 Å². The number of benzene rings is 2. The Morgan fingerprint density at radius 2 is 1.62 bits per heavy atom. The summed E-state index contributed by atoms with van der Waals surface area (Å²) in [6, 6.07) is 4.29. The fourth-order valence-electron chi connectivity index (χ4n) is 2.05. The Labute approximate surface area is 127 Å². The molecule has 1 unspecified atom stereocenters. The molecule has 0 aliphatic heterocycles. The van der Waals surface area contributed by atoms with Gasteiger partial charge in [-0.25, -0.2) is 17.6 Å². The van der Waals surface area contributed by atoms with E-state index in [-0.39, 0.29) is 12.0 Å². The molecule has 0 aromatic heterocycles. The van der Waals surface area contributed by atoms with E-state index in [4.69, 9.17) is 5.84 Å². The number of nitrogens with two attached hydrogens (primary N) is 1. The van der Waals surface area contributed by atoms with E-state index >= 15 is 0 Å². The minimum atomic E-state index is -1.08. The molecule has 2 rings (SSSR count). The molecule has 0 amide bonds. The summed E-state index contributed by atoms with van der Waals surface area (Å²) < 4.78 is 54.8. The molecule has 0 heterocycles. The van der Waals surface area contributed by atoms with Crippen LogP contribution in [0.25, 0.3) is 0 Å². The van der Waals surface area contributed by atoms with Crippen LogP contribution in [0.5, 0.6) is 0 Å². The lowest BCUT2D eigenvalue weighted by atomic mass is 9.98. The Morgan fingerprint density at radius 1 is 1.00 bits per heavy atom. The van der Waals surface area contributed by atoms with Gasteiger partial charge < -0.3 is 0 Å². The summed E-state index contributed by atoms with van der Waals surface area (Å²) >= 11 is 3.19. The van der Waals surface area contributed by atoms with Crippen LogP contribution in [-0.2, 0) is 6.42 Å². The van der Waals surface area contributed by atoms with Gasteiger partial charge in [-0.05, 0) is 30.2 Å². The predicted molar refractivity (Wildman–Crippen MR) is 74.2 cm³/mol. The van der Waals surface area contributed by atoms with Gasteiger partial charge in [-0.15, -0.1) is 0 Å². The monoisotopic (exact) mass is 362 g/mol. The third kappa shape index (κ3) is 3.61. The topological polar surface area (TPSA) is 38.0 Å². The Hall–Kier alpha value is -1.44. The van der Waals surface area contributed by atoms with E-state index in [2.05, 4.69) is 21.4 Å². The molecule has 0 bridgehead atoms. The van der Waals surface area contributed by atoms with Crippen molar-refractivity contribution in [1.82, 2.24) is 5.43 Å². The second-order valence-electron chi connectivity index (χ2n) is 4.44. The summed E-state index contributed by atoms with van der Waals surface area (Å²) in [6.45, 7) is 0. The molecule has 112 valence electrons. The van der Waals surface area contributed by atoms with Crippen LogP contribution in [0.4, 0.5) is 17.6 Å². The zero-order chi connectivity index (χ0) is 15.6. The van der Waals surface area contributed by atoms with Gasteiger partial charge in [0.2, 0.25) is 0 Å². The minimum Gasteiger partial charge on any atom is -0.271 e. The predicted octanol–water partition coefficient (Wildman–Crippen LogP) is 3.75. The number of hydrogen-bond donors (Lipinski definition) is 2. The summed E-state index contributed by atoms with van der Waals surface area (Å²) in [5.41, 5.74) is 2.02. The first-order valence-electron chi connectivity index (χ1n) is 5.97. The van der Waals surface area contributed by atoms with Crippen LogP contribution >= 0.6 is 15.9 Å². The highest BCUT2D eigenvalue weighted by Gasteiger charge is 2.22. The van der Waals surface area contributed by atoms with Crippen molar-refractivity contribution in [2.24, 2.45) is 5.84 Å². The van der Waals surface area contributed by atoms with Gasteiger partial charge in [-0.1, -0.05) is 15.9 Å². The van der Waals surface area contributed by atoms with E-state index in [1.54, 1.807) is 0 Å². The first kappa shape index (κ1) is 15.9. The lowest BCUT2D eigenvalue weighted by Crippen LogP contribution is -2.31. The molecule has 21 heavy (non-hydrogen) atoms. The summed E-state index contributed by atoms with van der Waals surface area (Å²) in [5, 5.41) is 0. The molecule has 2 nitrogen and oxygen atoms in total. The van der Waals surface area contributed by atoms with Crippen LogP contribution in [0.1, 0.15) is 17.2 Å². The van der Waals surface area contributed by atoms with E-state index < -0.39 is 34.9 Å². The van der Waals surface area contributed by atoms with Crippen LogP contribution in [0.3, 0.4) is 0 Å². The summed E-state index contributed by atoms with van der Waals surface area (Å²) in [5.74, 6) is 1.59. The highest BCUT2D eigenvalue weighted by atomic mass is 79.9. The van der Waals surface area contributed by atoms with Crippen LogP contribution in [-0.4, -0.2) is 0 Å². The Bertz CT molecular complexity index is 640. The first-order valence-corrected chi connectivity index (χ1v) is 6.76. The fraction of sp³-hybridized carbons (Fsp3) is 0.143. The molecule has 0 aliphatic carbocycles. The van der Waals surface area contributed by atoms with Crippen molar-refractivity contribution in [3.05, 3.63) is 69.2 Å². The molecule has 1 atom stereocenters. The van der Waals surface area contributed by atoms with E-state index in [0.29, 0.717) is 16.6 Å². The Balaban J connectivity index is 2.39. The molecule has 2 aromatic carbocycles. The maximum Gasteiger partial charge on any atom is 0.133 e. The van der Waals surface area contributed by atoms with Gasteiger partial charge in [-0.2, -0.15) is 0 Å². The Kier molecular flexibility index (Phi) is 4.97. The summed E-state index contributed by atoms with van der Waals surface area (Å²) in [6.07, 6.45) is -0.0960. The van der Waals surface area contributed by atoms with Crippen LogP contribution in [0.2, 0.25) is 0 Å². The second kappa shape index (κ2) is 6.55. The molecule has 0 fully saturated rings. The van der Waals surface area contributed by atoms with Crippen molar-refractivity contribution >= 4 is 15.9 Å². The second-order valence-corrected chi connectivity index (χ2v) is 5.36. The SMILES string of the molecule is NNC(Cc1cc(Br)ccc1F)c1c(F)cc(F)cc1F. The van der Waals surface area contributed by atoms with Crippen molar-refractivity contribution < 1.29 is 17.6 Å². The molecule has 2 aromatic rings. The number of rotatable bonds is 4. The maximum atomic E-state index is 13.8. The third-order valence-corrected chi connectivity index (χ3v) is 3.52. The number of nitrogens with one attached hydrogen (secondary N) is 1. The van der Waals surface area contributed by atoms with Gasteiger partial charge in [0.1, 0.15) is 23.3 Å². The molecular formula is C14H11BrF4N2. The summed E-state index contributed by atoms with van der Waals surface area (Å²) in [4.78, 5) is 0.